The Morgan fingerprint density at radius 1 is 0.938 bits per heavy atom. The molecule has 4 aromatic rings. The highest BCUT2D eigenvalue weighted by Crippen LogP contribution is 2.22. The molecule has 0 atom stereocenters. The lowest BCUT2D eigenvalue weighted by atomic mass is 10.0. The molecule has 0 fully saturated rings. The van der Waals surface area contributed by atoms with Crippen LogP contribution in [0.4, 0.5) is 0 Å². The Hall–Kier alpha value is -3.80. The fourth-order valence-corrected chi connectivity index (χ4v) is 3.66. The molecule has 0 aliphatic rings. The topological polar surface area (TPSA) is 80.9 Å². The number of carbonyl (C=O) groups is 1. The molecular formula is C26H26N4O2. The van der Waals surface area contributed by atoms with Gasteiger partial charge in [0.1, 0.15) is 5.82 Å². The van der Waals surface area contributed by atoms with E-state index in [1.54, 1.807) is 24.4 Å². The van der Waals surface area contributed by atoms with Crippen LogP contribution < -0.4 is 0 Å². The molecule has 2 aromatic carbocycles. The normalized spacial score (nSPS) is 10.9. The van der Waals surface area contributed by atoms with Gasteiger partial charge in [-0.1, -0.05) is 67.9 Å². The van der Waals surface area contributed by atoms with Crippen LogP contribution in [0.5, 0.6) is 0 Å². The van der Waals surface area contributed by atoms with Crippen molar-refractivity contribution in [3.05, 3.63) is 101 Å². The minimum absolute atomic E-state index is 0.248. The number of hydrogen-bond donors (Lipinski definition) is 1. The molecule has 2 aromatic heterocycles. The lowest BCUT2D eigenvalue weighted by Crippen LogP contribution is -2.07. The Morgan fingerprint density at radius 2 is 1.72 bits per heavy atom. The number of carboxylic acid groups (broad SMARTS) is 1. The van der Waals surface area contributed by atoms with Gasteiger partial charge < -0.3 is 5.11 Å². The van der Waals surface area contributed by atoms with E-state index in [0.717, 1.165) is 36.6 Å². The number of pyridine rings is 1. The minimum Gasteiger partial charge on any atom is -0.478 e. The molecule has 0 saturated carbocycles. The third-order valence-corrected chi connectivity index (χ3v) is 5.34. The van der Waals surface area contributed by atoms with E-state index in [-0.39, 0.29) is 5.56 Å². The van der Waals surface area contributed by atoms with Crippen molar-refractivity contribution in [3.8, 4) is 11.3 Å². The highest BCUT2D eigenvalue weighted by atomic mass is 16.4. The SMILES string of the molecule is CCCCn1nc(Cc2ccccc2)nc1Cc1ccc(-c2ccccc2C(=O)O)nc1. The van der Waals surface area contributed by atoms with Crippen molar-refractivity contribution in [2.24, 2.45) is 0 Å². The number of carboxylic acids is 1. The fraction of sp³-hybridized carbons (Fsp3) is 0.231. The van der Waals surface area contributed by atoms with Crippen LogP contribution in [-0.2, 0) is 19.4 Å². The van der Waals surface area contributed by atoms with Gasteiger partial charge in [-0.05, 0) is 29.7 Å². The summed E-state index contributed by atoms with van der Waals surface area (Å²) in [7, 11) is 0. The summed E-state index contributed by atoms with van der Waals surface area (Å²) < 4.78 is 2.01. The first kappa shape index (κ1) is 21.4. The summed E-state index contributed by atoms with van der Waals surface area (Å²) in [6, 6.07) is 21.0. The number of aromatic nitrogens is 4. The molecule has 0 aliphatic heterocycles. The zero-order chi connectivity index (χ0) is 22.3. The summed E-state index contributed by atoms with van der Waals surface area (Å²) in [6.07, 6.45) is 5.26. The average molecular weight is 427 g/mol. The maximum absolute atomic E-state index is 11.5. The second kappa shape index (κ2) is 10.0. The zero-order valence-corrected chi connectivity index (χ0v) is 18.1. The van der Waals surface area contributed by atoms with Crippen LogP contribution in [-0.4, -0.2) is 30.8 Å². The maximum atomic E-state index is 11.5. The van der Waals surface area contributed by atoms with Crippen molar-refractivity contribution in [1.29, 1.82) is 0 Å². The van der Waals surface area contributed by atoms with Crippen molar-refractivity contribution in [2.75, 3.05) is 0 Å². The molecule has 0 spiro atoms. The van der Waals surface area contributed by atoms with E-state index in [0.29, 0.717) is 24.1 Å². The van der Waals surface area contributed by atoms with E-state index in [1.165, 1.54) is 5.56 Å². The predicted octanol–water partition coefficient (Wildman–Crippen LogP) is 5.02. The molecule has 0 bridgehead atoms. The molecule has 0 saturated heterocycles. The lowest BCUT2D eigenvalue weighted by Gasteiger charge is -2.07. The summed E-state index contributed by atoms with van der Waals surface area (Å²) in [5.74, 6) is 0.786. The van der Waals surface area contributed by atoms with Crippen LogP contribution in [0.25, 0.3) is 11.3 Å². The molecule has 0 radical (unpaired) electrons. The molecule has 1 N–H and O–H groups in total. The fourth-order valence-electron chi connectivity index (χ4n) is 3.66. The van der Waals surface area contributed by atoms with E-state index in [2.05, 4.69) is 24.0 Å². The van der Waals surface area contributed by atoms with E-state index >= 15 is 0 Å². The number of aromatic carboxylic acids is 1. The third-order valence-electron chi connectivity index (χ3n) is 5.34. The van der Waals surface area contributed by atoms with Gasteiger partial charge in [0.05, 0.1) is 11.3 Å². The summed E-state index contributed by atoms with van der Waals surface area (Å²) >= 11 is 0. The van der Waals surface area contributed by atoms with Crippen molar-refractivity contribution in [2.45, 2.75) is 39.2 Å². The quantitative estimate of drug-likeness (QED) is 0.406. The van der Waals surface area contributed by atoms with E-state index in [1.807, 2.05) is 41.1 Å². The second-order valence-electron chi connectivity index (χ2n) is 7.76. The van der Waals surface area contributed by atoms with Gasteiger partial charge in [-0.3, -0.25) is 4.98 Å². The van der Waals surface area contributed by atoms with E-state index < -0.39 is 5.97 Å². The monoisotopic (exact) mass is 426 g/mol. The second-order valence-corrected chi connectivity index (χ2v) is 7.76. The van der Waals surface area contributed by atoms with Crippen LogP contribution in [0.1, 0.15) is 52.9 Å². The van der Waals surface area contributed by atoms with Gasteiger partial charge in [-0.15, -0.1) is 0 Å². The average Bonchev–Trinajstić information content (AvgIpc) is 3.19. The van der Waals surface area contributed by atoms with Gasteiger partial charge in [-0.2, -0.15) is 5.10 Å². The molecule has 0 aliphatic carbocycles. The third kappa shape index (κ3) is 5.09. The number of nitrogens with zero attached hydrogens (tertiary/aromatic N) is 4. The zero-order valence-electron chi connectivity index (χ0n) is 18.1. The molecular weight excluding hydrogens is 400 g/mol. The summed E-state index contributed by atoms with van der Waals surface area (Å²) in [6.45, 7) is 3.00. The van der Waals surface area contributed by atoms with Gasteiger partial charge in [0.15, 0.2) is 5.82 Å². The molecule has 6 nitrogen and oxygen atoms in total. The first-order chi connectivity index (χ1) is 15.6. The Bertz CT molecular complexity index is 1180. The Balaban J connectivity index is 1.56. The van der Waals surface area contributed by atoms with Crippen LogP contribution in [0.15, 0.2) is 72.9 Å². The molecule has 32 heavy (non-hydrogen) atoms. The Kier molecular flexibility index (Phi) is 6.70. The standard InChI is InChI=1S/C26H26N4O2/c1-2-3-15-30-25(28-24(29-30)16-19-9-5-4-6-10-19)17-20-13-14-23(27-18-20)21-11-7-8-12-22(21)26(31)32/h4-14,18H,2-3,15-17H2,1H3,(H,31,32). The smallest absolute Gasteiger partial charge is 0.336 e. The number of benzene rings is 2. The van der Waals surface area contributed by atoms with E-state index in [4.69, 9.17) is 10.1 Å². The van der Waals surface area contributed by atoms with Crippen LogP contribution >= 0.6 is 0 Å². The van der Waals surface area contributed by atoms with Gasteiger partial charge in [0.25, 0.3) is 0 Å². The van der Waals surface area contributed by atoms with Crippen molar-refractivity contribution in [3.63, 3.8) is 0 Å². The molecule has 0 amide bonds. The number of hydrogen-bond acceptors (Lipinski definition) is 4. The largest absolute Gasteiger partial charge is 0.478 e. The van der Waals surface area contributed by atoms with Gasteiger partial charge in [0, 0.05) is 31.1 Å². The van der Waals surface area contributed by atoms with E-state index in [9.17, 15) is 9.90 Å². The molecule has 2 heterocycles. The highest BCUT2D eigenvalue weighted by molar-refractivity contribution is 5.95. The number of unbranched alkanes of at least 4 members (excludes halogenated alkanes) is 1. The van der Waals surface area contributed by atoms with Crippen LogP contribution in [0, 0.1) is 0 Å². The van der Waals surface area contributed by atoms with Crippen molar-refractivity contribution >= 4 is 5.97 Å². The minimum atomic E-state index is -0.957. The summed E-state index contributed by atoms with van der Waals surface area (Å²) in [4.78, 5) is 20.9. The first-order valence-electron chi connectivity index (χ1n) is 10.9. The van der Waals surface area contributed by atoms with Crippen molar-refractivity contribution in [1.82, 2.24) is 19.7 Å². The van der Waals surface area contributed by atoms with Crippen LogP contribution in [0.3, 0.4) is 0 Å². The summed E-state index contributed by atoms with van der Waals surface area (Å²) in [5, 5.41) is 14.2. The molecule has 162 valence electrons. The van der Waals surface area contributed by atoms with Crippen molar-refractivity contribution < 1.29 is 9.90 Å². The maximum Gasteiger partial charge on any atom is 0.336 e. The Labute approximate surface area is 187 Å². The Morgan fingerprint density at radius 3 is 2.44 bits per heavy atom. The van der Waals surface area contributed by atoms with Gasteiger partial charge in [-0.25, -0.2) is 14.5 Å². The molecule has 0 unspecified atom stereocenters. The summed E-state index contributed by atoms with van der Waals surface area (Å²) in [5.41, 5.74) is 3.71. The van der Waals surface area contributed by atoms with Gasteiger partial charge in [0.2, 0.25) is 0 Å². The molecule has 6 heteroatoms. The lowest BCUT2D eigenvalue weighted by molar-refractivity contribution is 0.0697. The first-order valence-corrected chi connectivity index (χ1v) is 10.9. The molecule has 4 rings (SSSR count). The number of aryl methyl sites for hydroxylation is 1. The van der Waals surface area contributed by atoms with Gasteiger partial charge >= 0.3 is 5.97 Å². The number of rotatable bonds is 9. The van der Waals surface area contributed by atoms with Crippen LogP contribution in [0.2, 0.25) is 0 Å². The predicted molar refractivity (Wildman–Crippen MR) is 124 cm³/mol. The highest BCUT2D eigenvalue weighted by Gasteiger charge is 2.14.